The molecule has 4 unspecified atom stereocenters. The van der Waals surface area contributed by atoms with Crippen molar-refractivity contribution in [3.63, 3.8) is 0 Å². The lowest BCUT2D eigenvalue weighted by atomic mass is 9.38. The second-order valence-electron chi connectivity index (χ2n) is 17.3. The molecule has 5 fully saturated rings. The van der Waals surface area contributed by atoms with Crippen LogP contribution < -0.4 is 15.5 Å². The van der Waals surface area contributed by atoms with E-state index in [0.29, 0.717) is 39.4 Å². The van der Waals surface area contributed by atoms with Crippen LogP contribution in [-0.2, 0) is 14.8 Å². The van der Waals surface area contributed by atoms with E-state index in [1.54, 1.807) is 11.9 Å². The Labute approximate surface area is 333 Å². The number of hydrogen-bond donors (Lipinski definition) is 3. The van der Waals surface area contributed by atoms with Gasteiger partial charge < -0.3 is 20.6 Å². The number of amidine groups is 1. The van der Waals surface area contributed by atoms with Gasteiger partial charge in [0.25, 0.3) is 0 Å². The third-order valence-corrected chi connectivity index (χ3v) is 17.6. The molecule has 4 atom stereocenters. The Kier molecular flexibility index (Phi) is 7.35. The number of quaternary nitrogens is 1. The van der Waals surface area contributed by atoms with E-state index >= 15 is 0 Å². The first-order valence-electron chi connectivity index (χ1n) is 19.7. The molecule has 6 heterocycles. The van der Waals surface area contributed by atoms with Crippen LogP contribution in [-0.4, -0.2) is 98.8 Å². The van der Waals surface area contributed by atoms with Crippen molar-refractivity contribution in [1.82, 2.24) is 30.5 Å². The maximum atomic E-state index is 14.9. The van der Waals surface area contributed by atoms with Gasteiger partial charge in [-0.2, -0.15) is 8.42 Å². The first kappa shape index (κ1) is 35.3. The van der Waals surface area contributed by atoms with E-state index < -0.39 is 31.8 Å². The summed E-state index contributed by atoms with van der Waals surface area (Å²) >= 11 is 1.53. The van der Waals surface area contributed by atoms with Crippen LogP contribution in [0.3, 0.4) is 0 Å². The van der Waals surface area contributed by atoms with E-state index in [9.17, 15) is 18.0 Å². The van der Waals surface area contributed by atoms with Crippen LogP contribution in [0.2, 0.25) is 0 Å². The second-order valence-corrected chi connectivity index (χ2v) is 20.5. The molecule has 0 radical (unpaired) electrons. The number of aromatic nitrogens is 4. The minimum absolute atomic E-state index is 0.00464. The van der Waals surface area contributed by atoms with Crippen molar-refractivity contribution in [3.8, 4) is 0 Å². The number of carbonyl (C=O) groups is 2. The Morgan fingerprint density at radius 1 is 1.05 bits per heavy atom. The summed E-state index contributed by atoms with van der Waals surface area (Å²) in [6, 6.07) is 12.8. The molecule has 1 aromatic carbocycles. The number of carboxylic acids is 1. The molecule has 7 aliphatic rings. The number of pyridine rings is 1. The van der Waals surface area contributed by atoms with Crippen molar-refractivity contribution >= 4 is 77.4 Å². The predicted molar refractivity (Wildman–Crippen MR) is 214 cm³/mol. The molecule has 3 aromatic heterocycles. The number of carbonyl (C=O) groups excluding carboxylic acids is 1. The molecule has 1 spiro atoms. The number of anilines is 4. The standard InChI is InChI=1S/C40H42N10O5S2/c1-21-14-30(45-46-35(21)44-38-42-27-6-4-5-7-28(27)56-38)48(3)29-9-8-26-32-22(2)49(20-39-17-24-15-23-16-25(18-39)40(23,24)19-39)47-36-34(32)50(36,37(53)33(26)43-29)57(54,55)13-12-41-11-10-31(51)52/h4-9,14,23-25,34,41H,10-13,15-20H2,1-3H3,(H-,42,44,46,51,52)/p+1. The van der Waals surface area contributed by atoms with Gasteiger partial charge in [0.05, 0.1) is 22.2 Å². The zero-order valence-corrected chi connectivity index (χ0v) is 33.5. The van der Waals surface area contributed by atoms with Gasteiger partial charge in [-0.25, -0.2) is 14.8 Å². The molecule has 4 aliphatic carbocycles. The van der Waals surface area contributed by atoms with Crippen LogP contribution in [0.5, 0.6) is 0 Å². The molecular formula is C40H43N10O5S2+. The van der Waals surface area contributed by atoms with E-state index in [-0.39, 0.29) is 36.4 Å². The predicted octanol–water partition coefficient (Wildman–Crippen LogP) is 5.23. The smallest absolute Gasteiger partial charge is 0.387 e. The van der Waals surface area contributed by atoms with Crippen molar-refractivity contribution in [3.05, 3.63) is 65.0 Å². The van der Waals surface area contributed by atoms with E-state index in [4.69, 9.17) is 15.2 Å². The molecule has 294 valence electrons. The van der Waals surface area contributed by atoms with Crippen molar-refractivity contribution in [1.29, 1.82) is 0 Å². The van der Waals surface area contributed by atoms with Crippen LogP contribution >= 0.6 is 11.3 Å². The van der Waals surface area contributed by atoms with Crippen molar-refractivity contribution < 1.29 is 27.0 Å². The minimum Gasteiger partial charge on any atom is -0.481 e. The van der Waals surface area contributed by atoms with Crippen molar-refractivity contribution in [2.45, 2.75) is 58.4 Å². The zero-order valence-electron chi connectivity index (χ0n) is 31.9. The number of aryl methyl sites for hydroxylation is 1. The van der Waals surface area contributed by atoms with Gasteiger partial charge in [-0.05, 0) is 110 Å². The number of para-hydroxylation sites is 1. The van der Waals surface area contributed by atoms with E-state index in [1.807, 2.05) is 61.3 Å². The van der Waals surface area contributed by atoms with Crippen LogP contribution in [0.1, 0.15) is 67.1 Å². The van der Waals surface area contributed by atoms with Crippen molar-refractivity contribution in [2.24, 2.45) is 33.7 Å². The van der Waals surface area contributed by atoms with Crippen molar-refractivity contribution in [2.75, 3.05) is 42.7 Å². The summed E-state index contributed by atoms with van der Waals surface area (Å²) in [5, 5.41) is 32.0. The average Bonchev–Trinajstić information content (AvgIpc) is 3.40. The fourth-order valence-corrected chi connectivity index (χ4v) is 14.6. The molecular weight excluding hydrogens is 765 g/mol. The van der Waals surface area contributed by atoms with Crippen LogP contribution in [0.4, 0.5) is 22.6 Å². The number of thiazole rings is 1. The number of rotatable bonds is 13. The molecule has 1 saturated heterocycles. The summed E-state index contributed by atoms with van der Waals surface area (Å²) in [4.78, 5) is 37.2. The Bertz CT molecular complexity index is 2590. The number of sulfonamides is 1. The first-order valence-corrected chi connectivity index (χ1v) is 22.2. The summed E-state index contributed by atoms with van der Waals surface area (Å²) in [5.74, 6) is 2.31. The third-order valence-electron chi connectivity index (χ3n) is 14.4. The highest BCUT2D eigenvalue weighted by Crippen LogP contribution is 2.84. The monoisotopic (exact) mass is 807 g/mol. The van der Waals surface area contributed by atoms with Gasteiger partial charge in [-0.1, -0.05) is 27.4 Å². The first-order chi connectivity index (χ1) is 27.3. The largest absolute Gasteiger partial charge is 0.481 e. The topological polar surface area (TPSA) is 183 Å². The molecule has 3 N–H and O–H groups in total. The Balaban J connectivity index is 0.925. The number of nitrogens with zero attached hydrogens (tertiary/aromatic N) is 8. The summed E-state index contributed by atoms with van der Waals surface area (Å²) in [6.07, 6.45) is 6.16. The summed E-state index contributed by atoms with van der Waals surface area (Å²) < 4.78 is 29.2. The molecule has 4 saturated carbocycles. The molecule has 11 rings (SSSR count). The molecule has 17 heteroatoms. The number of benzene rings is 1. The number of carboxylic acid groups (broad SMARTS) is 1. The van der Waals surface area contributed by atoms with Gasteiger partial charge in [0.1, 0.15) is 11.6 Å². The van der Waals surface area contributed by atoms with Gasteiger partial charge in [-0.15, -0.1) is 15.3 Å². The molecule has 1 amide bonds. The second kappa shape index (κ2) is 11.9. The lowest BCUT2D eigenvalue weighted by Crippen LogP contribution is -2.59. The third kappa shape index (κ3) is 4.76. The Morgan fingerprint density at radius 2 is 1.84 bits per heavy atom. The van der Waals surface area contributed by atoms with Crippen LogP contribution in [0.15, 0.2) is 53.3 Å². The van der Waals surface area contributed by atoms with Gasteiger partial charge in [0.15, 0.2) is 22.5 Å². The molecule has 4 aromatic rings. The van der Waals surface area contributed by atoms with E-state index in [2.05, 4.69) is 25.8 Å². The summed E-state index contributed by atoms with van der Waals surface area (Å²) in [7, 11) is -2.39. The molecule has 3 aliphatic heterocycles. The lowest BCUT2D eigenvalue weighted by Gasteiger charge is -2.66. The number of amides is 1. The number of allylic oxidation sites excluding steroid dienone is 1. The fraction of sp³-hybridized carbons (Fsp3) is 0.475. The van der Waals surface area contributed by atoms with E-state index in [1.165, 1.54) is 43.4 Å². The zero-order chi connectivity index (χ0) is 39.2. The highest BCUT2D eigenvalue weighted by Gasteiger charge is 2.84. The molecule has 15 nitrogen and oxygen atoms in total. The van der Waals surface area contributed by atoms with Gasteiger partial charge in [0.2, 0.25) is 6.04 Å². The molecule has 57 heavy (non-hydrogen) atoms. The average molecular weight is 808 g/mol. The Morgan fingerprint density at radius 3 is 2.56 bits per heavy atom. The van der Waals surface area contributed by atoms with Gasteiger partial charge >= 0.3 is 27.7 Å². The number of hydrazone groups is 1. The highest BCUT2D eigenvalue weighted by atomic mass is 32.2. The lowest BCUT2D eigenvalue weighted by molar-refractivity contribution is -0.525. The summed E-state index contributed by atoms with van der Waals surface area (Å²) in [6.45, 7) is 4.78. The van der Waals surface area contributed by atoms with Gasteiger partial charge in [-0.3, -0.25) is 9.80 Å². The highest BCUT2D eigenvalue weighted by molar-refractivity contribution is 7.87. The molecule has 2 bridgehead atoms. The number of nitrogens with one attached hydrogen (secondary N) is 2. The Hall–Kier alpha value is -4.84. The van der Waals surface area contributed by atoms with Crippen LogP contribution in [0.25, 0.3) is 15.8 Å². The van der Waals surface area contributed by atoms with E-state index in [0.717, 1.165) is 51.3 Å². The van der Waals surface area contributed by atoms with Gasteiger partial charge in [0, 0.05) is 37.9 Å². The number of hydrogen-bond acceptors (Lipinski definition) is 14. The number of fused-ring (bicyclic) bond motifs is 5. The maximum Gasteiger partial charge on any atom is 0.387 e. The minimum atomic E-state index is -4.18. The maximum absolute atomic E-state index is 14.9. The quantitative estimate of drug-likeness (QED) is 0.0908. The fourth-order valence-electron chi connectivity index (χ4n) is 11.9. The van der Waals surface area contributed by atoms with Crippen LogP contribution in [0, 0.1) is 35.5 Å². The number of aliphatic carboxylic acids is 1. The SMILES string of the molecule is CC1=C2c3ccc(N(C)c4cc(C)c(Nc5nc6ccccc6s5)nn4)nc3C(=O)[N+]3(S(=O)(=O)CCNCCC(=O)O)C(=NN1CC14CC5CC6CC(C1)C65C4)C23. The summed E-state index contributed by atoms with van der Waals surface area (Å²) in [5.41, 5.74) is 4.76. The normalized spacial score (nSPS) is 31.0.